The van der Waals surface area contributed by atoms with Gasteiger partial charge in [0, 0.05) is 13.2 Å². The lowest BCUT2D eigenvalue weighted by atomic mass is 10.0. The van der Waals surface area contributed by atoms with Gasteiger partial charge in [0.25, 0.3) is 0 Å². The first kappa shape index (κ1) is 15.2. The molecule has 5 nitrogen and oxygen atoms in total. The third kappa shape index (κ3) is 5.52. The molecule has 0 saturated carbocycles. The number of hydrogen-bond donors (Lipinski definition) is 3. The van der Waals surface area contributed by atoms with Crippen LogP contribution in [0, 0.1) is 0 Å². The summed E-state index contributed by atoms with van der Waals surface area (Å²) in [6, 6.07) is 6.50. The Hall–Kier alpha value is -1.88. The summed E-state index contributed by atoms with van der Waals surface area (Å²) in [4.78, 5) is 22.6. The van der Waals surface area contributed by atoms with Gasteiger partial charge in [-0.2, -0.15) is 0 Å². The first-order chi connectivity index (χ1) is 9.15. The number of amides is 1. The second-order valence-electron chi connectivity index (χ2n) is 4.27. The first-order valence-electron chi connectivity index (χ1n) is 6.34. The predicted molar refractivity (Wildman–Crippen MR) is 71.1 cm³/mol. The molecule has 1 aromatic rings. The molecule has 0 radical (unpaired) electrons. The Morgan fingerprint density at radius 1 is 1.11 bits per heavy atom. The number of unbranched alkanes of at least 4 members (excludes halogenated alkanes) is 2. The second kappa shape index (κ2) is 8.26. The molecule has 0 heterocycles. The minimum absolute atomic E-state index is 0.0719. The summed E-state index contributed by atoms with van der Waals surface area (Å²) < 4.78 is 0. The van der Waals surface area contributed by atoms with Gasteiger partial charge in [0.05, 0.1) is 12.0 Å². The van der Waals surface area contributed by atoms with Gasteiger partial charge < -0.3 is 15.5 Å². The summed E-state index contributed by atoms with van der Waals surface area (Å²) in [5, 5.41) is 20.3. The number of carboxylic acid groups (broad SMARTS) is 1. The zero-order chi connectivity index (χ0) is 14.1. The van der Waals surface area contributed by atoms with E-state index < -0.39 is 5.97 Å². The van der Waals surface area contributed by atoms with Crippen LogP contribution >= 0.6 is 0 Å². The molecular weight excluding hydrogens is 246 g/mol. The van der Waals surface area contributed by atoms with Crippen LogP contribution < -0.4 is 5.32 Å². The molecule has 104 valence electrons. The minimum Gasteiger partial charge on any atom is -0.478 e. The summed E-state index contributed by atoms with van der Waals surface area (Å²) in [6.45, 7) is 0.716. The van der Waals surface area contributed by atoms with E-state index in [9.17, 15) is 9.59 Å². The number of rotatable bonds is 8. The van der Waals surface area contributed by atoms with E-state index in [0.717, 1.165) is 19.3 Å². The fraction of sp³-hybridized carbons (Fsp3) is 0.429. The molecule has 0 aliphatic heterocycles. The molecule has 0 spiro atoms. The number of carbonyl (C=O) groups excluding carboxylic acids is 1. The third-order valence-electron chi connectivity index (χ3n) is 2.76. The molecule has 0 aliphatic rings. The lowest BCUT2D eigenvalue weighted by Crippen LogP contribution is -2.26. The average Bonchev–Trinajstić information content (AvgIpc) is 2.39. The van der Waals surface area contributed by atoms with E-state index in [0.29, 0.717) is 12.1 Å². The van der Waals surface area contributed by atoms with Gasteiger partial charge in [-0.1, -0.05) is 18.2 Å². The number of hydrogen-bond acceptors (Lipinski definition) is 3. The van der Waals surface area contributed by atoms with Crippen LogP contribution in [0.2, 0.25) is 0 Å². The highest BCUT2D eigenvalue weighted by molar-refractivity contribution is 5.91. The normalized spacial score (nSPS) is 10.2. The lowest BCUT2D eigenvalue weighted by molar-refractivity contribution is -0.120. The zero-order valence-corrected chi connectivity index (χ0v) is 10.8. The van der Waals surface area contributed by atoms with Crippen molar-refractivity contribution in [3.63, 3.8) is 0 Å². The molecule has 1 amide bonds. The van der Waals surface area contributed by atoms with Gasteiger partial charge in [-0.15, -0.1) is 0 Å². The number of aliphatic hydroxyl groups is 1. The molecular formula is C14H19NO4. The van der Waals surface area contributed by atoms with Crippen LogP contribution in [-0.4, -0.2) is 35.2 Å². The van der Waals surface area contributed by atoms with Gasteiger partial charge in [0.2, 0.25) is 5.91 Å². The highest BCUT2D eigenvalue weighted by Gasteiger charge is 2.11. The quantitative estimate of drug-likeness (QED) is 0.616. The molecule has 1 rings (SSSR count). The zero-order valence-electron chi connectivity index (χ0n) is 10.8. The van der Waals surface area contributed by atoms with E-state index in [-0.39, 0.29) is 24.5 Å². The highest BCUT2D eigenvalue weighted by Crippen LogP contribution is 2.09. The summed E-state index contributed by atoms with van der Waals surface area (Å²) in [5.74, 6) is -1.20. The molecule has 19 heavy (non-hydrogen) atoms. The lowest BCUT2D eigenvalue weighted by Gasteiger charge is -2.07. The highest BCUT2D eigenvalue weighted by atomic mass is 16.4. The summed E-state index contributed by atoms with van der Waals surface area (Å²) >= 11 is 0. The summed E-state index contributed by atoms with van der Waals surface area (Å²) in [7, 11) is 0. The third-order valence-corrected chi connectivity index (χ3v) is 2.76. The van der Waals surface area contributed by atoms with Crippen molar-refractivity contribution in [2.75, 3.05) is 13.2 Å². The van der Waals surface area contributed by atoms with Crippen molar-refractivity contribution in [3.05, 3.63) is 35.4 Å². The van der Waals surface area contributed by atoms with Gasteiger partial charge in [-0.25, -0.2) is 4.79 Å². The molecule has 0 aromatic heterocycles. The molecule has 0 fully saturated rings. The van der Waals surface area contributed by atoms with Gasteiger partial charge >= 0.3 is 5.97 Å². The maximum absolute atomic E-state index is 11.7. The Kier molecular flexibility index (Phi) is 6.60. The molecule has 0 saturated heterocycles. The van der Waals surface area contributed by atoms with Crippen LogP contribution in [0.1, 0.15) is 35.2 Å². The van der Waals surface area contributed by atoms with Crippen molar-refractivity contribution in [2.45, 2.75) is 25.7 Å². The average molecular weight is 265 g/mol. The van der Waals surface area contributed by atoms with Crippen molar-refractivity contribution < 1.29 is 19.8 Å². The summed E-state index contributed by atoms with van der Waals surface area (Å²) in [6.07, 6.45) is 2.48. The van der Waals surface area contributed by atoms with Crippen molar-refractivity contribution in [1.82, 2.24) is 5.32 Å². The fourth-order valence-electron chi connectivity index (χ4n) is 1.76. The number of aliphatic hydroxyl groups excluding tert-OH is 1. The van der Waals surface area contributed by atoms with Crippen molar-refractivity contribution >= 4 is 11.9 Å². The molecule has 3 N–H and O–H groups in total. The Bertz CT molecular complexity index is 431. The maximum Gasteiger partial charge on any atom is 0.335 e. The topological polar surface area (TPSA) is 86.6 Å². The fourth-order valence-corrected chi connectivity index (χ4v) is 1.76. The molecule has 0 unspecified atom stereocenters. The van der Waals surface area contributed by atoms with Crippen molar-refractivity contribution in [1.29, 1.82) is 0 Å². The predicted octanol–water partition coefficient (Wildman–Crippen LogP) is 1.21. The van der Waals surface area contributed by atoms with Crippen LogP contribution in [0.3, 0.4) is 0 Å². The number of nitrogens with one attached hydrogen (secondary N) is 1. The molecule has 0 bridgehead atoms. The van der Waals surface area contributed by atoms with Gasteiger partial charge in [-0.05, 0) is 30.9 Å². The SMILES string of the molecule is O=C(Cc1ccccc1C(=O)O)NCCCCCO. The van der Waals surface area contributed by atoms with Crippen molar-refractivity contribution in [3.8, 4) is 0 Å². The van der Waals surface area contributed by atoms with E-state index in [2.05, 4.69) is 5.32 Å². The van der Waals surface area contributed by atoms with Gasteiger partial charge in [-0.3, -0.25) is 4.79 Å². The second-order valence-corrected chi connectivity index (χ2v) is 4.27. The standard InChI is InChI=1S/C14H19NO4/c16-9-5-1-4-8-15-13(17)10-11-6-2-3-7-12(11)14(18)19/h2-3,6-7,16H,1,4-5,8-10H2,(H,15,17)(H,18,19). The van der Waals surface area contributed by atoms with Gasteiger partial charge in [0.15, 0.2) is 0 Å². The van der Waals surface area contributed by atoms with E-state index in [4.69, 9.17) is 10.2 Å². The number of carboxylic acids is 1. The molecule has 1 aromatic carbocycles. The number of carbonyl (C=O) groups is 2. The van der Waals surface area contributed by atoms with E-state index in [1.807, 2.05) is 0 Å². The molecule has 0 aliphatic carbocycles. The van der Waals surface area contributed by atoms with Crippen molar-refractivity contribution in [2.24, 2.45) is 0 Å². The van der Waals surface area contributed by atoms with E-state index >= 15 is 0 Å². The first-order valence-corrected chi connectivity index (χ1v) is 6.34. The largest absolute Gasteiger partial charge is 0.478 e. The number of benzene rings is 1. The van der Waals surface area contributed by atoms with E-state index in [1.54, 1.807) is 18.2 Å². The molecule has 5 heteroatoms. The van der Waals surface area contributed by atoms with Crippen LogP contribution in [-0.2, 0) is 11.2 Å². The van der Waals surface area contributed by atoms with Crippen LogP contribution in [0.4, 0.5) is 0 Å². The monoisotopic (exact) mass is 265 g/mol. The Balaban J connectivity index is 2.42. The Morgan fingerprint density at radius 3 is 2.53 bits per heavy atom. The van der Waals surface area contributed by atoms with Crippen LogP contribution in [0.5, 0.6) is 0 Å². The summed E-state index contributed by atoms with van der Waals surface area (Å²) in [5.41, 5.74) is 0.681. The van der Waals surface area contributed by atoms with Gasteiger partial charge in [0.1, 0.15) is 0 Å². The maximum atomic E-state index is 11.7. The van der Waals surface area contributed by atoms with Crippen LogP contribution in [0.15, 0.2) is 24.3 Å². The number of aromatic carboxylic acids is 1. The smallest absolute Gasteiger partial charge is 0.335 e. The molecule has 0 atom stereocenters. The van der Waals surface area contributed by atoms with Crippen LogP contribution in [0.25, 0.3) is 0 Å². The minimum atomic E-state index is -1.02. The van der Waals surface area contributed by atoms with E-state index in [1.165, 1.54) is 6.07 Å². The Morgan fingerprint density at radius 2 is 1.84 bits per heavy atom. The Labute approximate surface area is 112 Å².